The van der Waals surface area contributed by atoms with Crippen LogP contribution in [-0.4, -0.2) is 30.5 Å². The monoisotopic (exact) mass is 245 g/mol. The van der Waals surface area contributed by atoms with E-state index in [2.05, 4.69) is 62.1 Å². The normalized spacial score (nSPS) is 15.2. The van der Waals surface area contributed by atoms with Gasteiger partial charge in [-0.2, -0.15) is 0 Å². The molecule has 0 saturated carbocycles. The number of hydrogen-bond donors (Lipinski definition) is 2. The van der Waals surface area contributed by atoms with Crippen molar-refractivity contribution in [1.29, 1.82) is 0 Å². The fourth-order valence-corrected chi connectivity index (χ4v) is 2.86. The molecule has 0 fully saturated rings. The van der Waals surface area contributed by atoms with E-state index >= 15 is 0 Å². The molecule has 3 heteroatoms. The molecule has 0 spiro atoms. The maximum absolute atomic E-state index is 5.87. The molecule has 0 bridgehead atoms. The van der Waals surface area contributed by atoms with Gasteiger partial charge in [0.1, 0.15) is 0 Å². The Morgan fingerprint density at radius 1 is 1.28 bits per heavy atom. The van der Waals surface area contributed by atoms with Crippen LogP contribution in [0.2, 0.25) is 0 Å². The number of aromatic amines is 1. The fraction of sp³-hybridized carbons (Fsp3) is 0.467. The Morgan fingerprint density at radius 3 is 2.56 bits per heavy atom. The van der Waals surface area contributed by atoms with E-state index in [9.17, 15) is 0 Å². The van der Waals surface area contributed by atoms with Crippen molar-refractivity contribution in [1.82, 2.24) is 9.88 Å². The second-order valence-corrected chi connectivity index (χ2v) is 5.33. The van der Waals surface area contributed by atoms with E-state index in [1.165, 1.54) is 22.2 Å². The Hall–Kier alpha value is -1.32. The number of nitrogens with two attached hydrogens (primary N) is 1. The van der Waals surface area contributed by atoms with Crippen molar-refractivity contribution >= 4 is 10.9 Å². The number of para-hydroxylation sites is 1. The van der Waals surface area contributed by atoms with E-state index < -0.39 is 0 Å². The topological polar surface area (TPSA) is 45.1 Å². The molecule has 98 valence electrons. The number of H-pyrrole nitrogens is 1. The smallest absolute Gasteiger partial charge is 0.0459 e. The lowest BCUT2D eigenvalue weighted by Crippen LogP contribution is -2.30. The predicted molar refractivity (Wildman–Crippen MR) is 77.7 cm³/mol. The minimum absolute atomic E-state index is 0.353. The van der Waals surface area contributed by atoms with E-state index in [1.807, 2.05) is 0 Å². The van der Waals surface area contributed by atoms with Crippen LogP contribution in [0.1, 0.15) is 24.2 Å². The molecule has 1 aromatic heterocycles. The minimum atomic E-state index is 0.353. The van der Waals surface area contributed by atoms with Crippen molar-refractivity contribution in [3.05, 3.63) is 35.5 Å². The SMILES string of the molecule is Cc1[nH]c2ccccc2c1C(C(C)CN)N(C)C. The summed E-state index contributed by atoms with van der Waals surface area (Å²) < 4.78 is 0. The molecular weight excluding hydrogens is 222 g/mol. The highest BCUT2D eigenvalue weighted by atomic mass is 15.1. The maximum atomic E-state index is 5.87. The van der Waals surface area contributed by atoms with Crippen LogP contribution in [0, 0.1) is 12.8 Å². The summed E-state index contributed by atoms with van der Waals surface area (Å²) >= 11 is 0. The van der Waals surface area contributed by atoms with Gasteiger partial charge in [-0.3, -0.25) is 0 Å². The van der Waals surface area contributed by atoms with Crippen LogP contribution < -0.4 is 5.73 Å². The lowest BCUT2D eigenvalue weighted by Gasteiger charge is -2.30. The average Bonchev–Trinajstić information content (AvgIpc) is 2.66. The van der Waals surface area contributed by atoms with Crippen LogP contribution in [-0.2, 0) is 0 Å². The van der Waals surface area contributed by atoms with Gasteiger partial charge in [-0.1, -0.05) is 25.1 Å². The van der Waals surface area contributed by atoms with Gasteiger partial charge in [-0.25, -0.2) is 0 Å². The summed E-state index contributed by atoms with van der Waals surface area (Å²) in [6, 6.07) is 8.84. The molecule has 0 amide bonds. The van der Waals surface area contributed by atoms with Gasteiger partial charge < -0.3 is 15.6 Å². The Morgan fingerprint density at radius 2 is 1.94 bits per heavy atom. The maximum Gasteiger partial charge on any atom is 0.0459 e. The Kier molecular flexibility index (Phi) is 3.73. The largest absolute Gasteiger partial charge is 0.358 e. The minimum Gasteiger partial charge on any atom is -0.358 e. The lowest BCUT2D eigenvalue weighted by atomic mass is 9.91. The van der Waals surface area contributed by atoms with Gasteiger partial charge in [0.15, 0.2) is 0 Å². The highest BCUT2D eigenvalue weighted by Gasteiger charge is 2.25. The first-order chi connectivity index (χ1) is 8.56. The van der Waals surface area contributed by atoms with Gasteiger partial charge in [0.2, 0.25) is 0 Å². The number of benzene rings is 1. The summed E-state index contributed by atoms with van der Waals surface area (Å²) in [5, 5.41) is 1.31. The summed E-state index contributed by atoms with van der Waals surface area (Å²) in [6.07, 6.45) is 0. The van der Waals surface area contributed by atoms with Crippen molar-refractivity contribution in [2.45, 2.75) is 19.9 Å². The predicted octanol–water partition coefficient (Wildman–Crippen LogP) is 2.67. The molecule has 0 aliphatic rings. The molecule has 1 aromatic carbocycles. The van der Waals surface area contributed by atoms with Gasteiger partial charge in [0.25, 0.3) is 0 Å². The number of aromatic nitrogens is 1. The highest BCUT2D eigenvalue weighted by molar-refractivity contribution is 5.85. The average molecular weight is 245 g/mol. The molecular formula is C15H23N3. The highest BCUT2D eigenvalue weighted by Crippen LogP contribution is 2.34. The number of rotatable bonds is 4. The van der Waals surface area contributed by atoms with E-state index in [0.29, 0.717) is 18.5 Å². The van der Waals surface area contributed by atoms with Crippen LogP contribution >= 0.6 is 0 Å². The number of fused-ring (bicyclic) bond motifs is 1. The summed E-state index contributed by atoms with van der Waals surface area (Å²) in [5.74, 6) is 0.429. The molecule has 2 rings (SSSR count). The number of nitrogens with one attached hydrogen (secondary N) is 1. The second kappa shape index (κ2) is 5.12. The Labute approximate surface area is 109 Å². The standard InChI is InChI=1S/C15H23N3/c1-10(9-16)15(18(3)4)14-11(2)17-13-8-6-5-7-12(13)14/h5-8,10,15,17H,9,16H2,1-4H3. The molecule has 2 atom stereocenters. The van der Waals surface area contributed by atoms with Gasteiger partial charge in [0, 0.05) is 22.6 Å². The summed E-state index contributed by atoms with van der Waals surface area (Å²) in [7, 11) is 4.25. The molecule has 0 aliphatic carbocycles. The third-order valence-corrected chi connectivity index (χ3v) is 3.71. The zero-order valence-corrected chi connectivity index (χ0v) is 11.7. The van der Waals surface area contributed by atoms with Crippen LogP contribution in [0.25, 0.3) is 10.9 Å². The first kappa shape index (κ1) is 13.1. The zero-order chi connectivity index (χ0) is 13.3. The van der Waals surface area contributed by atoms with Gasteiger partial charge in [-0.15, -0.1) is 0 Å². The quantitative estimate of drug-likeness (QED) is 0.870. The summed E-state index contributed by atoms with van der Waals surface area (Å²) in [5.41, 5.74) is 9.71. The lowest BCUT2D eigenvalue weighted by molar-refractivity contribution is 0.228. The van der Waals surface area contributed by atoms with Gasteiger partial charge in [0.05, 0.1) is 0 Å². The van der Waals surface area contributed by atoms with Crippen molar-refractivity contribution in [2.75, 3.05) is 20.6 Å². The molecule has 18 heavy (non-hydrogen) atoms. The molecule has 1 heterocycles. The van der Waals surface area contributed by atoms with E-state index in [-0.39, 0.29) is 0 Å². The first-order valence-electron chi connectivity index (χ1n) is 6.50. The van der Waals surface area contributed by atoms with Gasteiger partial charge >= 0.3 is 0 Å². The summed E-state index contributed by atoms with van der Waals surface area (Å²) in [6.45, 7) is 5.06. The van der Waals surface area contributed by atoms with Crippen molar-refractivity contribution < 1.29 is 0 Å². The first-order valence-corrected chi connectivity index (χ1v) is 6.50. The van der Waals surface area contributed by atoms with Gasteiger partial charge in [-0.05, 0) is 45.1 Å². The van der Waals surface area contributed by atoms with Crippen LogP contribution in [0.15, 0.2) is 24.3 Å². The van der Waals surface area contributed by atoms with Crippen molar-refractivity contribution in [3.63, 3.8) is 0 Å². The number of hydrogen-bond acceptors (Lipinski definition) is 2. The third-order valence-electron chi connectivity index (χ3n) is 3.71. The third kappa shape index (κ3) is 2.16. The Balaban J connectivity index is 2.60. The molecule has 3 N–H and O–H groups in total. The van der Waals surface area contributed by atoms with Crippen molar-refractivity contribution in [3.8, 4) is 0 Å². The molecule has 0 radical (unpaired) electrons. The second-order valence-electron chi connectivity index (χ2n) is 5.33. The zero-order valence-electron chi connectivity index (χ0n) is 11.7. The fourth-order valence-electron chi connectivity index (χ4n) is 2.86. The van der Waals surface area contributed by atoms with E-state index in [1.54, 1.807) is 0 Å². The molecule has 3 nitrogen and oxygen atoms in total. The van der Waals surface area contributed by atoms with E-state index in [4.69, 9.17) is 5.73 Å². The number of aryl methyl sites for hydroxylation is 1. The Bertz CT molecular complexity index is 528. The van der Waals surface area contributed by atoms with Crippen molar-refractivity contribution in [2.24, 2.45) is 11.7 Å². The molecule has 2 unspecified atom stereocenters. The molecule has 0 saturated heterocycles. The summed E-state index contributed by atoms with van der Waals surface area (Å²) in [4.78, 5) is 5.74. The van der Waals surface area contributed by atoms with Crippen LogP contribution in [0.3, 0.4) is 0 Å². The molecule has 0 aliphatic heterocycles. The molecule has 2 aromatic rings. The van der Waals surface area contributed by atoms with Crippen LogP contribution in [0.4, 0.5) is 0 Å². The van der Waals surface area contributed by atoms with Crippen LogP contribution in [0.5, 0.6) is 0 Å². The number of nitrogens with zero attached hydrogens (tertiary/aromatic N) is 1. The van der Waals surface area contributed by atoms with E-state index in [0.717, 1.165) is 0 Å².